The Bertz CT molecular complexity index is 681. The van der Waals surface area contributed by atoms with Crippen LogP contribution in [0.3, 0.4) is 0 Å². The van der Waals surface area contributed by atoms with Crippen LogP contribution in [0.15, 0.2) is 52.3 Å². The highest BCUT2D eigenvalue weighted by Crippen LogP contribution is 2.36. The zero-order chi connectivity index (χ0) is 13.3. The molecule has 2 aromatic rings. The molecule has 0 aliphatic rings. The average Bonchev–Trinajstić information content (AvgIpc) is 2.34. The monoisotopic (exact) mass is 284 g/mol. The number of sulfone groups is 1. The van der Waals surface area contributed by atoms with E-state index in [1.165, 1.54) is 12.1 Å². The highest BCUT2D eigenvalue weighted by Gasteiger charge is 2.22. The topological polar surface area (TPSA) is 74.6 Å². The smallest absolute Gasteiger partial charge is 0.210 e. The third-order valence-corrected chi connectivity index (χ3v) is 4.47. The van der Waals surface area contributed by atoms with Crippen LogP contribution in [0.5, 0.6) is 11.5 Å². The van der Waals surface area contributed by atoms with Crippen molar-refractivity contribution in [3.8, 4) is 11.5 Å². The summed E-state index contributed by atoms with van der Waals surface area (Å²) in [6, 6.07) is 9.55. The molecule has 0 aliphatic carbocycles. The molecule has 94 valence electrons. The number of hydrogen-bond acceptors (Lipinski definition) is 4. The van der Waals surface area contributed by atoms with E-state index in [1.54, 1.807) is 18.2 Å². The van der Waals surface area contributed by atoms with E-state index in [0.29, 0.717) is 0 Å². The molecule has 0 heterocycles. The first-order valence-corrected chi connectivity index (χ1v) is 6.80. The van der Waals surface area contributed by atoms with E-state index >= 15 is 0 Å². The second-order valence-electron chi connectivity index (χ2n) is 3.59. The molecule has 0 radical (unpaired) electrons. The number of benzene rings is 2. The van der Waals surface area contributed by atoms with Crippen molar-refractivity contribution in [3.05, 3.63) is 47.5 Å². The Balaban J connectivity index is 2.66. The lowest BCUT2D eigenvalue weighted by molar-refractivity contribution is 0.445. The molecule has 0 unspecified atom stereocenters. The van der Waals surface area contributed by atoms with Crippen LogP contribution in [0.2, 0.25) is 5.02 Å². The zero-order valence-electron chi connectivity index (χ0n) is 9.04. The second-order valence-corrected chi connectivity index (χ2v) is 5.91. The number of aromatic hydroxyl groups is 2. The fourth-order valence-corrected chi connectivity index (χ4v) is 3.00. The van der Waals surface area contributed by atoms with Crippen LogP contribution in [0.4, 0.5) is 0 Å². The number of phenols is 2. The predicted molar refractivity (Wildman–Crippen MR) is 66.7 cm³/mol. The molecule has 0 atom stereocenters. The summed E-state index contributed by atoms with van der Waals surface area (Å²) in [5.74, 6) is -0.898. The van der Waals surface area contributed by atoms with E-state index < -0.39 is 21.3 Å². The quantitative estimate of drug-likeness (QED) is 0.831. The minimum atomic E-state index is -3.88. The minimum Gasteiger partial charge on any atom is -0.507 e. The number of hydrogen-bond donors (Lipinski definition) is 2. The normalized spacial score (nSPS) is 11.4. The van der Waals surface area contributed by atoms with Gasteiger partial charge >= 0.3 is 0 Å². The van der Waals surface area contributed by atoms with Gasteiger partial charge < -0.3 is 10.2 Å². The molecule has 0 aliphatic heterocycles. The lowest BCUT2D eigenvalue weighted by Gasteiger charge is -2.08. The SMILES string of the molecule is O=S(=O)(c1ccccc1)c1cc(O)c(Cl)cc1O. The van der Waals surface area contributed by atoms with Crippen LogP contribution >= 0.6 is 11.6 Å². The summed E-state index contributed by atoms with van der Waals surface area (Å²) in [6.07, 6.45) is 0. The molecule has 0 aromatic heterocycles. The fourth-order valence-electron chi connectivity index (χ4n) is 1.47. The van der Waals surface area contributed by atoms with E-state index in [0.717, 1.165) is 12.1 Å². The highest BCUT2D eigenvalue weighted by atomic mass is 35.5. The van der Waals surface area contributed by atoms with Crippen LogP contribution in [0, 0.1) is 0 Å². The van der Waals surface area contributed by atoms with Crippen LogP contribution < -0.4 is 0 Å². The summed E-state index contributed by atoms with van der Waals surface area (Å²) in [5, 5.41) is 19.0. The Labute approximate surface area is 109 Å². The van der Waals surface area contributed by atoms with E-state index in [9.17, 15) is 18.6 Å². The van der Waals surface area contributed by atoms with Crippen molar-refractivity contribution in [3.63, 3.8) is 0 Å². The molecule has 6 heteroatoms. The lowest BCUT2D eigenvalue weighted by Crippen LogP contribution is -2.02. The number of halogens is 1. The van der Waals surface area contributed by atoms with E-state index in [1.807, 2.05) is 0 Å². The predicted octanol–water partition coefficient (Wildman–Crippen LogP) is 2.58. The van der Waals surface area contributed by atoms with Gasteiger partial charge in [0.15, 0.2) is 0 Å². The maximum atomic E-state index is 12.2. The first-order valence-electron chi connectivity index (χ1n) is 4.94. The van der Waals surface area contributed by atoms with Gasteiger partial charge in [-0.05, 0) is 12.1 Å². The molecule has 0 bridgehead atoms. The van der Waals surface area contributed by atoms with Crippen LogP contribution in [0.1, 0.15) is 0 Å². The summed E-state index contributed by atoms with van der Waals surface area (Å²) >= 11 is 5.58. The molecule has 0 amide bonds. The minimum absolute atomic E-state index is 0.0297. The van der Waals surface area contributed by atoms with Gasteiger partial charge in [0.1, 0.15) is 16.4 Å². The molecule has 2 rings (SSSR count). The van der Waals surface area contributed by atoms with Crippen LogP contribution in [-0.2, 0) is 9.84 Å². The first-order chi connectivity index (χ1) is 8.43. The van der Waals surface area contributed by atoms with Crippen molar-refractivity contribution in [2.24, 2.45) is 0 Å². The van der Waals surface area contributed by atoms with Gasteiger partial charge in [-0.15, -0.1) is 0 Å². The van der Waals surface area contributed by atoms with E-state index in [4.69, 9.17) is 11.6 Å². The Morgan fingerprint density at radius 3 is 2.17 bits per heavy atom. The van der Waals surface area contributed by atoms with Gasteiger partial charge in [-0.1, -0.05) is 29.8 Å². The summed E-state index contributed by atoms with van der Waals surface area (Å²) in [5.41, 5.74) is 0. The molecule has 0 saturated carbocycles. The Hall–Kier alpha value is -1.72. The van der Waals surface area contributed by atoms with Crippen molar-refractivity contribution in [1.29, 1.82) is 0 Å². The van der Waals surface area contributed by atoms with Gasteiger partial charge in [0.05, 0.1) is 9.92 Å². The fraction of sp³-hybridized carbons (Fsp3) is 0. The maximum absolute atomic E-state index is 12.2. The van der Waals surface area contributed by atoms with E-state index in [2.05, 4.69) is 0 Å². The van der Waals surface area contributed by atoms with Crippen molar-refractivity contribution in [1.82, 2.24) is 0 Å². The average molecular weight is 285 g/mol. The molecule has 0 saturated heterocycles. The molecule has 2 aromatic carbocycles. The van der Waals surface area contributed by atoms with Crippen molar-refractivity contribution in [2.75, 3.05) is 0 Å². The number of phenolic OH excluding ortho intramolecular Hbond substituents is 2. The summed E-state index contributed by atoms with van der Waals surface area (Å²) in [6.45, 7) is 0. The molecular weight excluding hydrogens is 276 g/mol. The Morgan fingerprint density at radius 1 is 0.944 bits per heavy atom. The van der Waals surface area contributed by atoms with Crippen molar-refractivity contribution < 1.29 is 18.6 Å². The molecular formula is C12H9ClO4S. The molecule has 0 spiro atoms. The van der Waals surface area contributed by atoms with Gasteiger partial charge in [0, 0.05) is 12.1 Å². The van der Waals surface area contributed by atoms with Gasteiger partial charge in [0.2, 0.25) is 9.84 Å². The van der Waals surface area contributed by atoms with Gasteiger partial charge in [-0.3, -0.25) is 0 Å². The van der Waals surface area contributed by atoms with Gasteiger partial charge in [-0.2, -0.15) is 0 Å². The second kappa shape index (κ2) is 4.51. The number of rotatable bonds is 2. The standard InChI is InChI=1S/C12H9ClO4S/c13-9-6-11(15)12(7-10(9)14)18(16,17)8-4-2-1-3-5-8/h1-7,14-15H. The molecule has 4 nitrogen and oxygen atoms in total. The zero-order valence-corrected chi connectivity index (χ0v) is 10.6. The van der Waals surface area contributed by atoms with E-state index in [-0.39, 0.29) is 14.8 Å². The van der Waals surface area contributed by atoms with Crippen molar-refractivity contribution >= 4 is 21.4 Å². The molecule has 0 fully saturated rings. The lowest BCUT2D eigenvalue weighted by atomic mass is 10.3. The first kappa shape index (κ1) is 12.7. The summed E-state index contributed by atoms with van der Waals surface area (Å²) in [7, 11) is -3.88. The van der Waals surface area contributed by atoms with Crippen LogP contribution in [0.25, 0.3) is 0 Å². The van der Waals surface area contributed by atoms with Gasteiger partial charge in [0.25, 0.3) is 0 Å². The third kappa shape index (κ3) is 2.14. The van der Waals surface area contributed by atoms with Crippen molar-refractivity contribution in [2.45, 2.75) is 9.79 Å². The summed E-state index contributed by atoms with van der Waals surface area (Å²) < 4.78 is 24.4. The molecule has 2 N–H and O–H groups in total. The Morgan fingerprint density at radius 2 is 1.56 bits per heavy atom. The third-order valence-electron chi connectivity index (χ3n) is 2.37. The van der Waals surface area contributed by atoms with Crippen LogP contribution in [-0.4, -0.2) is 18.6 Å². The molecule has 18 heavy (non-hydrogen) atoms. The maximum Gasteiger partial charge on any atom is 0.210 e. The Kier molecular flexibility index (Phi) is 3.19. The summed E-state index contributed by atoms with van der Waals surface area (Å²) in [4.78, 5) is -0.349. The largest absolute Gasteiger partial charge is 0.507 e. The highest BCUT2D eigenvalue weighted by molar-refractivity contribution is 7.91. The van der Waals surface area contributed by atoms with Gasteiger partial charge in [-0.25, -0.2) is 8.42 Å².